The summed E-state index contributed by atoms with van der Waals surface area (Å²) in [4.78, 5) is 12.2. The first-order chi connectivity index (χ1) is 14.0. The molecule has 0 bridgehead atoms. The average molecular weight is 414 g/mol. The number of aliphatic carboxylic acids is 1. The Morgan fingerprint density at radius 1 is 1.07 bits per heavy atom. The maximum atomic E-state index is 11.3. The number of rotatable bonds is 12. The van der Waals surface area contributed by atoms with Gasteiger partial charge in [0.25, 0.3) is 0 Å². The van der Waals surface area contributed by atoms with Crippen LogP contribution in [-0.4, -0.2) is 35.3 Å². The van der Waals surface area contributed by atoms with Crippen LogP contribution in [0.4, 0.5) is 0 Å². The lowest BCUT2D eigenvalue weighted by molar-refractivity contribution is -0.149. The molecular weight excluding hydrogens is 382 g/mol. The molecule has 0 aromatic heterocycles. The van der Waals surface area contributed by atoms with Crippen LogP contribution in [0.2, 0.25) is 0 Å². The van der Waals surface area contributed by atoms with Crippen LogP contribution in [0.25, 0.3) is 0 Å². The van der Waals surface area contributed by atoms with Crippen LogP contribution >= 0.6 is 12.2 Å². The molecule has 0 amide bonds. The van der Waals surface area contributed by atoms with E-state index in [-0.39, 0.29) is 5.92 Å². The molecule has 2 aromatic rings. The quantitative estimate of drug-likeness (QED) is 0.491. The van der Waals surface area contributed by atoms with E-state index in [1.54, 1.807) is 0 Å². The number of hydrogen-bond donors (Lipinski definition) is 2. The highest BCUT2D eigenvalue weighted by Gasteiger charge is 2.19. The van der Waals surface area contributed by atoms with Gasteiger partial charge in [-0.15, -0.1) is 0 Å². The van der Waals surface area contributed by atoms with E-state index in [0.29, 0.717) is 13.0 Å². The molecule has 29 heavy (non-hydrogen) atoms. The number of hydrogen-bond acceptors (Lipinski definition) is 3. The third-order valence-electron chi connectivity index (χ3n) is 4.88. The monoisotopic (exact) mass is 413 g/mol. The fourth-order valence-corrected chi connectivity index (χ4v) is 3.65. The van der Waals surface area contributed by atoms with Crippen LogP contribution in [0.1, 0.15) is 49.3 Å². The number of nitrogens with one attached hydrogen (secondary N) is 1. The minimum atomic E-state index is -0.922. The summed E-state index contributed by atoms with van der Waals surface area (Å²) in [5.74, 6) is -0.735. The summed E-state index contributed by atoms with van der Waals surface area (Å²) in [6.45, 7) is 5.22. The van der Waals surface area contributed by atoms with Gasteiger partial charge in [-0.25, -0.2) is 4.79 Å². The molecule has 5 heteroatoms. The van der Waals surface area contributed by atoms with Crippen molar-refractivity contribution < 1.29 is 14.6 Å². The van der Waals surface area contributed by atoms with Gasteiger partial charge in [-0.3, -0.25) is 0 Å². The van der Waals surface area contributed by atoms with Crippen molar-refractivity contribution >= 4 is 23.2 Å². The van der Waals surface area contributed by atoms with E-state index in [2.05, 4.69) is 48.6 Å². The predicted octanol–water partition coefficient (Wildman–Crippen LogP) is 4.76. The van der Waals surface area contributed by atoms with Gasteiger partial charge in [-0.05, 0) is 42.9 Å². The molecule has 2 N–H and O–H groups in total. The standard InChI is InChI=1S/C24H31NO3S/c1-3-16-25-23(29)21(20-8-6-5-7-9-20)15-14-18-10-12-19(13-11-18)17-22(24(26)27)28-4-2/h5-13,21-22H,3-4,14-17H2,1-2H3,(H,25,29)(H,26,27)/t21?,22-/m1/s1. The van der Waals surface area contributed by atoms with Crippen LogP contribution < -0.4 is 5.32 Å². The Morgan fingerprint density at radius 3 is 2.31 bits per heavy atom. The second-order valence-electron chi connectivity index (χ2n) is 7.10. The zero-order valence-corrected chi connectivity index (χ0v) is 18.1. The molecule has 1 unspecified atom stereocenters. The number of carboxylic acid groups (broad SMARTS) is 1. The SMILES string of the molecule is CCCNC(=S)C(CCc1ccc(C[C@@H](OCC)C(=O)O)cc1)c1ccccc1. The molecule has 0 aliphatic heterocycles. The van der Waals surface area contributed by atoms with Crippen LogP contribution in [0.5, 0.6) is 0 Å². The first kappa shape index (κ1) is 23.0. The fourth-order valence-electron chi connectivity index (χ4n) is 3.29. The maximum absolute atomic E-state index is 11.3. The lowest BCUT2D eigenvalue weighted by Crippen LogP contribution is -2.28. The summed E-state index contributed by atoms with van der Waals surface area (Å²) in [6.07, 6.45) is 2.45. The normalized spacial score (nSPS) is 12.9. The summed E-state index contributed by atoms with van der Waals surface area (Å²) < 4.78 is 5.30. The smallest absolute Gasteiger partial charge is 0.333 e. The lowest BCUT2D eigenvalue weighted by atomic mass is 9.91. The number of benzene rings is 2. The average Bonchev–Trinajstić information content (AvgIpc) is 2.73. The third-order valence-corrected chi connectivity index (χ3v) is 5.31. The Labute approximate surface area is 179 Å². The van der Waals surface area contributed by atoms with E-state index < -0.39 is 12.1 Å². The topological polar surface area (TPSA) is 58.6 Å². The van der Waals surface area contributed by atoms with E-state index in [4.69, 9.17) is 17.0 Å². The Hall–Kier alpha value is -2.24. The molecule has 0 fully saturated rings. The van der Waals surface area contributed by atoms with Gasteiger partial charge >= 0.3 is 5.97 Å². The molecule has 0 saturated carbocycles. The van der Waals surface area contributed by atoms with Gasteiger partial charge in [0, 0.05) is 25.5 Å². The molecular formula is C24H31NO3S. The lowest BCUT2D eigenvalue weighted by Gasteiger charge is -2.20. The highest BCUT2D eigenvalue weighted by Crippen LogP contribution is 2.23. The minimum Gasteiger partial charge on any atom is -0.479 e. The molecule has 4 nitrogen and oxygen atoms in total. The zero-order valence-electron chi connectivity index (χ0n) is 17.3. The molecule has 0 spiro atoms. The molecule has 0 aliphatic carbocycles. The van der Waals surface area contributed by atoms with E-state index in [9.17, 15) is 9.90 Å². The van der Waals surface area contributed by atoms with Crippen molar-refractivity contribution in [3.05, 3.63) is 71.3 Å². The minimum absolute atomic E-state index is 0.187. The highest BCUT2D eigenvalue weighted by atomic mass is 32.1. The molecule has 156 valence electrons. The molecule has 2 atom stereocenters. The Bertz CT molecular complexity index is 761. The first-order valence-electron chi connectivity index (χ1n) is 10.3. The van der Waals surface area contributed by atoms with Gasteiger partial charge in [0.05, 0.1) is 4.99 Å². The van der Waals surface area contributed by atoms with Crippen molar-refractivity contribution in [2.75, 3.05) is 13.2 Å². The number of carboxylic acids is 1. The van der Waals surface area contributed by atoms with Gasteiger partial charge in [0.2, 0.25) is 0 Å². The molecule has 2 aromatic carbocycles. The predicted molar refractivity (Wildman–Crippen MR) is 122 cm³/mol. The van der Waals surface area contributed by atoms with Crippen molar-refractivity contribution in [1.29, 1.82) is 0 Å². The fraction of sp³-hybridized carbons (Fsp3) is 0.417. The summed E-state index contributed by atoms with van der Waals surface area (Å²) in [7, 11) is 0. The number of ether oxygens (including phenoxy) is 1. The van der Waals surface area contributed by atoms with Crippen LogP contribution in [0.15, 0.2) is 54.6 Å². The number of carbonyl (C=O) groups is 1. The Kier molecular flexibility index (Phi) is 9.81. The Balaban J connectivity index is 2.01. The van der Waals surface area contributed by atoms with Crippen LogP contribution in [0, 0.1) is 0 Å². The van der Waals surface area contributed by atoms with Crippen molar-refractivity contribution in [3.63, 3.8) is 0 Å². The summed E-state index contributed by atoms with van der Waals surface area (Å²) in [6, 6.07) is 18.5. The molecule has 0 radical (unpaired) electrons. The summed E-state index contributed by atoms with van der Waals surface area (Å²) >= 11 is 5.68. The number of thiocarbonyl (C=S) groups is 1. The summed E-state index contributed by atoms with van der Waals surface area (Å²) in [5.41, 5.74) is 3.42. The van der Waals surface area contributed by atoms with Gasteiger partial charge in [-0.1, -0.05) is 73.7 Å². The van der Waals surface area contributed by atoms with E-state index >= 15 is 0 Å². The van der Waals surface area contributed by atoms with Gasteiger partial charge in [0.1, 0.15) is 0 Å². The number of aryl methyl sites for hydroxylation is 1. The largest absolute Gasteiger partial charge is 0.479 e. The molecule has 0 aliphatic rings. The zero-order chi connectivity index (χ0) is 21.1. The molecule has 0 saturated heterocycles. The van der Waals surface area contributed by atoms with E-state index in [1.165, 1.54) is 11.1 Å². The second-order valence-corrected chi connectivity index (χ2v) is 7.54. The molecule has 0 heterocycles. The van der Waals surface area contributed by atoms with E-state index in [1.807, 2.05) is 25.1 Å². The van der Waals surface area contributed by atoms with Gasteiger partial charge < -0.3 is 15.2 Å². The van der Waals surface area contributed by atoms with Crippen LogP contribution in [0.3, 0.4) is 0 Å². The van der Waals surface area contributed by atoms with Crippen LogP contribution in [-0.2, 0) is 22.4 Å². The van der Waals surface area contributed by atoms with Crippen molar-refractivity contribution in [2.45, 2.75) is 51.6 Å². The maximum Gasteiger partial charge on any atom is 0.333 e. The van der Waals surface area contributed by atoms with Crippen molar-refractivity contribution in [2.24, 2.45) is 0 Å². The van der Waals surface area contributed by atoms with Crippen molar-refractivity contribution in [3.8, 4) is 0 Å². The third kappa shape index (κ3) is 7.59. The summed E-state index contributed by atoms with van der Waals surface area (Å²) in [5, 5.41) is 12.6. The van der Waals surface area contributed by atoms with Gasteiger partial charge in [0.15, 0.2) is 6.10 Å². The molecule has 2 rings (SSSR count). The van der Waals surface area contributed by atoms with E-state index in [0.717, 1.165) is 36.4 Å². The Morgan fingerprint density at radius 2 is 1.72 bits per heavy atom. The van der Waals surface area contributed by atoms with Crippen molar-refractivity contribution in [1.82, 2.24) is 5.32 Å². The first-order valence-corrected chi connectivity index (χ1v) is 10.7. The highest BCUT2D eigenvalue weighted by molar-refractivity contribution is 7.80. The second kappa shape index (κ2) is 12.3. The van der Waals surface area contributed by atoms with Gasteiger partial charge in [-0.2, -0.15) is 0 Å².